The first-order valence-electron chi connectivity index (χ1n) is 7.68. The van der Waals surface area contributed by atoms with Crippen molar-refractivity contribution in [2.45, 2.75) is 6.42 Å². The van der Waals surface area contributed by atoms with Gasteiger partial charge in [0, 0.05) is 22.6 Å². The molecule has 0 fully saturated rings. The Balaban J connectivity index is 0.000000313. The van der Waals surface area contributed by atoms with E-state index in [1.807, 2.05) is 0 Å². The van der Waals surface area contributed by atoms with Crippen LogP contribution in [0.4, 0.5) is 0 Å². The molecule has 0 atom stereocenters. The van der Waals surface area contributed by atoms with E-state index in [1.54, 1.807) is 24.3 Å². The van der Waals surface area contributed by atoms with E-state index < -0.39 is 0 Å². The third kappa shape index (κ3) is 6.05. The van der Waals surface area contributed by atoms with Gasteiger partial charge in [-0.15, -0.1) is 0 Å². The van der Waals surface area contributed by atoms with Crippen LogP contribution in [0.3, 0.4) is 0 Å². The Morgan fingerprint density at radius 2 is 0.931 bits per heavy atom. The van der Waals surface area contributed by atoms with Crippen LogP contribution in [0.25, 0.3) is 0 Å². The molecule has 0 aliphatic carbocycles. The molecule has 3 rings (SSSR count). The van der Waals surface area contributed by atoms with Crippen molar-refractivity contribution in [2.75, 3.05) is 0 Å². The van der Waals surface area contributed by atoms with Crippen LogP contribution in [-0.4, -0.2) is 15.3 Å². The maximum atomic E-state index is 10.0. The van der Waals surface area contributed by atoms with Crippen molar-refractivity contribution in [3.05, 3.63) is 82.7 Å². The molecule has 0 unspecified atom stereocenters. The normalized spacial score (nSPS) is 10.4. The van der Waals surface area contributed by atoms with Crippen LogP contribution >= 0.6 is 81.2 Å². The monoisotopic (exact) mass is 532 g/mol. The average molecular weight is 535 g/mol. The van der Waals surface area contributed by atoms with Crippen LogP contribution in [0, 0.1) is 0 Å². The minimum atomic E-state index is -0.252. The number of hydrogen-bond acceptors (Lipinski definition) is 3. The number of rotatable bonds is 2. The van der Waals surface area contributed by atoms with Gasteiger partial charge in [-0.05, 0) is 36.4 Å². The molecule has 0 aliphatic rings. The standard InChI is InChI=1S/C13H6Cl6O2.C6H5ClO/c14-6-2-8(16)12(20)4(10(6)18)1-5-11(19)7(15)3-9(17)13(5)21;7-5-1-3-6(8)4-2-5/h2-3,20-21H,1H2;1-4,8H. The van der Waals surface area contributed by atoms with E-state index >= 15 is 0 Å². The summed E-state index contributed by atoms with van der Waals surface area (Å²) in [4.78, 5) is 0. The lowest BCUT2D eigenvalue weighted by atomic mass is 10.0. The second-order valence-electron chi connectivity index (χ2n) is 5.62. The van der Waals surface area contributed by atoms with Crippen molar-refractivity contribution in [3.8, 4) is 17.2 Å². The fourth-order valence-electron chi connectivity index (χ4n) is 2.21. The van der Waals surface area contributed by atoms with Crippen molar-refractivity contribution in [1.82, 2.24) is 0 Å². The summed E-state index contributed by atoms with van der Waals surface area (Å²) in [7, 11) is 0. The van der Waals surface area contributed by atoms with Crippen LogP contribution in [0.15, 0.2) is 36.4 Å². The summed E-state index contributed by atoms with van der Waals surface area (Å²) in [5.74, 6) is -0.260. The first-order chi connectivity index (χ1) is 13.5. The minimum absolute atomic E-state index is 0.0307. The highest BCUT2D eigenvalue weighted by Crippen LogP contribution is 2.44. The summed E-state index contributed by atoms with van der Waals surface area (Å²) in [5, 5.41) is 30.0. The molecule has 3 N–H and O–H groups in total. The molecule has 10 heteroatoms. The maximum absolute atomic E-state index is 10.0. The van der Waals surface area contributed by atoms with Gasteiger partial charge in [-0.1, -0.05) is 81.2 Å². The number of phenols is 3. The Morgan fingerprint density at radius 3 is 1.28 bits per heavy atom. The quantitative estimate of drug-likeness (QED) is 0.288. The van der Waals surface area contributed by atoms with Gasteiger partial charge in [-0.25, -0.2) is 0 Å². The van der Waals surface area contributed by atoms with Gasteiger partial charge in [-0.2, -0.15) is 0 Å². The number of hydrogen-bond donors (Lipinski definition) is 3. The molecule has 154 valence electrons. The number of benzene rings is 3. The lowest BCUT2D eigenvalue weighted by Gasteiger charge is -2.14. The smallest absolute Gasteiger partial charge is 0.139 e. The lowest BCUT2D eigenvalue weighted by Crippen LogP contribution is -1.95. The van der Waals surface area contributed by atoms with Gasteiger partial charge < -0.3 is 15.3 Å². The summed E-state index contributed by atoms with van der Waals surface area (Å²) in [5.41, 5.74) is 0.425. The number of aromatic hydroxyl groups is 3. The molecule has 0 amide bonds. The van der Waals surface area contributed by atoms with E-state index in [0.29, 0.717) is 5.02 Å². The Morgan fingerprint density at radius 1 is 0.552 bits per heavy atom. The molecule has 0 saturated heterocycles. The number of phenolic OH excluding ortho intramolecular Hbond substituents is 3. The molecular weight excluding hydrogens is 524 g/mol. The lowest BCUT2D eigenvalue weighted by molar-refractivity contribution is 0.463. The zero-order valence-electron chi connectivity index (χ0n) is 14.2. The average Bonchev–Trinajstić information content (AvgIpc) is 2.67. The van der Waals surface area contributed by atoms with Gasteiger partial charge >= 0.3 is 0 Å². The largest absolute Gasteiger partial charge is 0.508 e. The Hall–Kier alpha value is -0.910. The predicted octanol–water partition coefficient (Wildman–Crippen LogP) is 8.65. The van der Waals surface area contributed by atoms with E-state index in [4.69, 9.17) is 86.3 Å². The molecule has 0 spiro atoms. The van der Waals surface area contributed by atoms with Crippen LogP contribution in [0.5, 0.6) is 17.2 Å². The Labute approximate surface area is 201 Å². The molecule has 3 aromatic carbocycles. The van der Waals surface area contributed by atoms with Crippen LogP contribution in [-0.2, 0) is 6.42 Å². The third-order valence-electron chi connectivity index (χ3n) is 3.66. The second-order valence-corrected chi connectivity index (χ2v) is 8.44. The topological polar surface area (TPSA) is 60.7 Å². The second kappa shape index (κ2) is 10.4. The summed E-state index contributed by atoms with van der Waals surface area (Å²) >= 11 is 41.2. The molecule has 0 bridgehead atoms. The van der Waals surface area contributed by atoms with Gasteiger partial charge in [0.15, 0.2) is 0 Å². The van der Waals surface area contributed by atoms with Crippen molar-refractivity contribution < 1.29 is 15.3 Å². The molecule has 0 heterocycles. The van der Waals surface area contributed by atoms with E-state index in [2.05, 4.69) is 0 Å². The fourth-order valence-corrected chi connectivity index (χ4v) is 3.76. The highest BCUT2D eigenvalue weighted by molar-refractivity contribution is 6.45. The van der Waals surface area contributed by atoms with Gasteiger partial charge in [-0.3, -0.25) is 0 Å². The summed E-state index contributed by atoms with van der Waals surface area (Å²) in [6.45, 7) is 0. The highest BCUT2D eigenvalue weighted by atomic mass is 35.5. The van der Waals surface area contributed by atoms with Crippen molar-refractivity contribution in [2.24, 2.45) is 0 Å². The number of halogens is 7. The summed E-state index contributed by atoms with van der Waals surface area (Å²) in [6.07, 6.45) is -0.0457. The van der Waals surface area contributed by atoms with E-state index in [0.717, 1.165) is 0 Å². The molecule has 29 heavy (non-hydrogen) atoms. The Kier molecular flexibility index (Phi) is 8.74. The zero-order chi connectivity index (χ0) is 21.9. The van der Waals surface area contributed by atoms with Crippen LogP contribution < -0.4 is 0 Å². The van der Waals surface area contributed by atoms with E-state index in [1.165, 1.54) is 12.1 Å². The zero-order valence-corrected chi connectivity index (χ0v) is 19.5. The first kappa shape index (κ1) is 24.4. The Bertz CT molecular complexity index is 902. The summed E-state index contributed by atoms with van der Waals surface area (Å²) < 4.78 is 0. The highest BCUT2D eigenvalue weighted by Gasteiger charge is 2.21. The van der Waals surface area contributed by atoms with Gasteiger partial charge in [0.25, 0.3) is 0 Å². The molecular formula is C19H11Cl7O3. The van der Waals surface area contributed by atoms with Crippen molar-refractivity contribution >= 4 is 81.2 Å². The summed E-state index contributed by atoms with van der Waals surface area (Å²) in [6, 6.07) is 8.99. The third-order valence-corrected chi connectivity index (χ3v) is 6.14. The predicted molar refractivity (Wildman–Crippen MR) is 122 cm³/mol. The minimum Gasteiger partial charge on any atom is -0.508 e. The van der Waals surface area contributed by atoms with E-state index in [-0.39, 0.29) is 64.9 Å². The molecule has 0 aromatic heterocycles. The van der Waals surface area contributed by atoms with E-state index in [9.17, 15) is 10.2 Å². The molecule has 0 aliphatic heterocycles. The molecule has 3 aromatic rings. The van der Waals surface area contributed by atoms with Gasteiger partial charge in [0.2, 0.25) is 0 Å². The van der Waals surface area contributed by atoms with Crippen molar-refractivity contribution in [3.63, 3.8) is 0 Å². The maximum Gasteiger partial charge on any atom is 0.139 e. The fraction of sp³-hybridized carbons (Fsp3) is 0.0526. The van der Waals surface area contributed by atoms with Gasteiger partial charge in [0.05, 0.1) is 30.1 Å². The van der Waals surface area contributed by atoms with Crippen molar-refractivity contribution in [1.29, 1.82) is 0 Å². The molecule has 3 nitrogen and oxygen atoms in total. The van der Waals surface area contributed by atoms with Gasteiger partial charge in [0.1, 0.15) is 17.2 Å². The first-order valence-corrected chi connectivity index (χ1v) is 10.3. The SMILES string of the molecule is Oc1c(Cl)cc(Cl)c(Cl)c1Cc1c(O)c(Cl)cc(Cl)c1Cl.Oc1ccc(Cl)cc1. The molecule has 0 saturated carbocycles. The molecule has 0 radical (unpaired) electrons. The van der Waals surface area contributed by atoms with Crippen LogP contribution in [0.1, 0.15) is 11.1 Å². The van der Waals surface area contributed by atoms with Crippen LogP contribution in [0.2, 0.25) is 35.2 Å².